The number of ether oxygens (including phenoxy) is 1. The number of carbonyl (C=O) groups excluding carboxylic acids is 2. The molecule has 0 spiro atoms. The number of anilines is 1. The Morgan fingerprint density at radius 2 is 2.04 bits per heavy atom. The summed E-state index contributed by atoms with van der Waals surface area (Å²) < 4.78 is 6.67. The van der Waals surface area contributed by atoms with Crippen molar-refractivity contribution in [2.75, 3.05) is 11.9 Å². The summed E-state index contributed by atoms with van der Waals surface area (Å²) in [5.74, 6) is -0.791. The van der Waals surface area contributed by atoms with Gasteiger partial charge in [0.25, 0.3) is 5.91 Å². The average Bonchev–Trinajstić information content (AvgIpc) is 3.10. The third kappa shape index (κ3) is 3.93. The maximum absolute atomic E-state index is 12.5. The summed E-state index contributed by atoms with van der Waals surface area (Å²) in [5.41, 5.74) is 0.826. The lowest BCUT2D eigenvalue weighted by atomic mass is 10.2. The molecule has 3 aromatic rings. The van der Waals surface area contributed by atoms with Crippen LogP contribution < -0.4 is 5.32 Å². The SMILES string of the molecule is CC(C)COC(=O)c1cn2cnc(C#N)c2c(NC(=O)c2ccccc2)n1. The molecule has 0 aliphatic heterocycles. The van der Waals surface area contributed by atoms with E-state index in [9.17, 15) is 14.9 Å². The number of aromatic nitrogens is 3. The van der Waals surface area contributed by atoms with Gasteiger partial charge < -0.3 is 10.1 Å². The molecule has 0 unspecified atom stereocenters. The molecule has 8 nitrogen and oxygen atoms in total. The molecule has 0 saturated heterocycles. The molecule has 136 valence electrons. The normalized spacial score (nSPS) is 10.6. The molecule has 0 saturated carbocycles. The Morgan fingerprint density at radius 3 is 2.70 bits per heavy atom. The molecular weight excluding hydrogens is 346 g/mol. The lowest BCUT2D eigenvalue weighted by Gasteiger charge is -2.10. The second-order valence-corrected chi connectivity index (χ2v) is 6.25. The molecule has 0 atom stereocenters. The summed E-state index contributed by atoms with van der Waals surface area (Å²) in [4.78, 5) is 33.0. The van der Waals surface area contributed by atoms with Crippen molar-refractivity contribution in [3.8, 4) is 6.07 Å². The van der Waals surface area contributed by atoms with E-state index in [1.807, 2.05) is 19.9 Å². The smallest absolute Gasteiger partial charge is 0.358 e. The van der Waals surface area contributed by atoms with Crippen LogP contribution in [0, 0.1) is 17.2 Å². The largest absolute Gasteiger partial charge is 0.461 e. The fourth-order valence-corrected chi connectivity index (χ4v) is 2.38. The lowest BCUT2D eigenvalue weighted by Crippen LogP contribution is -2.17. The van der Waals surface area contributed by atoms with Crippen LogP contribution in [0.15, 0.2) is 42.9 Å². The number of hydrogen-bond acceptors (Lipinski definition) is 6. The van der Waals surface area contributed by atoms with Gasteiger partial charge in [0, 0.05) is 11.8 Å². The Kier molecular flexibility index (Phi) is 5.13. The van der Waals surface area contributed by atoms with Gasteiger partial charge in [0.1, 0.15) is 17.9 Å². The van der Waals surface area contributed by atoms with Crippen LogP contribution in [0.1, 0.15) is 40.4 Å². The summed E-state index contributed by atoms with van der Waals surface area (Å²) in [5, 5.41) is 11.9. The van der Waals surface area contributed by atoms with E-state index in [-0.39, 0.29) is 29.7 Å². The zero-order chi connectivity index (χ0) is 19.4. The zero-order valence-electron chi connectivity index (χ0n) is 14.8. The van der Waals surface area contributed by atoms with Crippen LogP contribution >= 0.6 is 0 Å². The summed E-state index contributed by atoms with van der Waals surface area (Å²) in [6.45, 7) is 4.09. The van der Waals surface area contributed by atoms with E-state index < -0.39 is 11.9 Å². The minimum absolute atomic E-state index is 0.00778. The molecule has 0 aliphatic carbocycles. The van der Waals surface area contributed by atoms with E-state index in [0.29, 0.717) is 11.1 Å². The Balaban J connectivity index is 2.00. The van der Waals surface area contributed by atoms with Gasteiger partial charge in [0.15, 0.2) is 17.2 Å². The van der Waals surface area contributed by atoms with Crippen LogP contribution in [0.3, 0.4) is 0 Å². The number of rotatable bonds is 5. The monoisotopic (exact) mass is 363 g/mol. The Hall–Kier alpha value is -3.73. The molecule has 0 radical (unpaired) electrons. The minimum Gasteiger partial charge on any atom is -0.461 e. The highest BCUT2D eigenvalue weighted by Crippen LogP contribution is 2.20. The molecule has 2 heterocycles. The average molecular weight is 363 g/mol. The highest BCUT2D eigenvalue weighted by atomic mass is 16.5. The van der Waals surface area contributed by atoms with Crippen LogP contribution in [0.2, 0.25) is 0 Å². The predicted octanol–water partition coefficient (Wildman–Crippen LogP) is 2.67. The van der Waals surface area contributed by atoms with Gasteiger partial charge in [-0.25, -0.2) is 14.8 Å². The first-order valence-corrected chi connectivity index (χ1v) is 8.31. The Labute approximate surface area is 155 Å². The number of amides is 1. The van der Waals surface area contributed by atoms with Crippen LogP contribution in [0.5, 0.6) is 0 Å². The molecule has 0 bridgehead atoms. The Bertz CT molecular complexity index is 1030. The second-order valence-electron chi connectivity index (χ2n) is 6.25. The molecule has 0 fully saturated rings. The fraction of sp³-hybridized carbons (Fsp3) is 0.211. The highest BCUT2D eigenvalue weighted by molar-refractivity contribution is 6.06. The summed E-state index contributed by atoms with van der Waals surface area (Å²) in [6, 6.07) is 10.5. The standard InChI is InChI=1S/C19H17N5O3/c1-12(2)10-27-19(26)15-9-24-11-21-14(8-20)16(24)17(22-15)23-18(25)13-6-4-3-5-7-13/h3-7,9,11-12H,10H2,1-2H3,(H,22,23,25). The topological polar surface area (TPSA) is 109 Å². The van der Waals surface area contributed by atoms with Gasteiger partial charge >= 0.3 is 5.97 Å². The minimum atomic E-state index is -0.618. The lowest BCUT2D eigenvalue weighted by molar-refractivity contribution is 0.0451. The molecule has 0 aliphatic rings. The maximum Gasteiger partial charge on any atom is 0.358 e. The van der Waals surface area contributed by atoms with Crippen molar-refractivity contribution in [3.05, 3.63) is 59.8 Å². The Morgan fingerprint density at radius 1 is 1.30 bits per heavy atom. The molecule has 3 rings (SSSR count). The van der Waals surface area contributed by atoms with Crippen LogP contribution in [-0.2, 0) is 4.74 Å². The van der Waals surface area contributed by atoms with E-state index in [0.717, 1.165) is 0 Å². The van der Waals surface area contributed by atoms with Crippen molar-refractivity contribution in [1.29, 1.82) is 5.26 Å². The molecular formula is C19H17N5O3. The van der Waals surface area contributed by atoms with Crippen LogP contribution in [0.25, 0.3) is 5.52 Å². The van der Waals surface area contributed by atoms with Gasteiger partial charge in [-0.3, -0.25) is 9.20 Å². The summed E-state index contributed by atoms with van der Waals surface area (Å²) in [6.07, 6.45) is 2.80. The number of benzene rings is 1. The number of nitrogens with zero attached hydrogens (tertiary/aromatic N) is 4. The quantitative estimate of drug-likeness (QED) is 0.698. The van der Waals surface area contributed by atoms with Gasteiger partial charge in [-0.1, -0.05) is 32.0 Å². The van der Waals surface area contributed by atoms with Crippen molar-refractivity contribution in [1.82, 2.24) is 14.4 Å². The summed E-state index contributed by atoms with van der Waals surface area (Å²) in [7, 11) is 0. The fourth-order valence-electron chi connectivity index (χ4n) is 2.38. The van der Waals surface area contributed by atoms with Crippen LogP contribution in [-0.4, -0.2) is 32.9 Å². The van der Waals surface area contributed by atoms with Gasteiger partial charge in [-0.15, -0.1) is 0 Å². The summed E-state index contributed by atoms with van der Waals surface area (Å²) >= 11 is 0. The molecule has 1 aromatic carbocycles. The van der Waals surface area contributed by atoms with E-state index >= 15 is 0 Å². The first-order valence-electron chi connectivity index (χ1n) is 8.31. The predicted molar refractivity (Wildman–Crippen MR) is 97.2 cm³/mol. The first-order chi connectivity index (χ1) is 13.0. The molecule has 1 N–H and O–H groups in total. The van der Waals surface area contributed by atoms with Crippen molar-refractivity contribution < 1.29 is 14.3 Å². The maximum atomic E-state index is 12.5. The second kappa shape index (κ2) is 7.66. The van der Waals surface area contributed by atoms with Crippen molar-refractivity contribution >= 4 is 23.2 Å². The molecule has 27 heavy (non-hydrogen) atoms. The number of nitriles is 1. The van der Waals surface area contributed by atoms with E-state index in [1.165, 1.54) is 16.9 Å². The van der Waals surface area contributed by atoms with E-state index in [4.69, 9.17) is 4.74 Å². The number of carbonyl (C=O) groups is 2. The first kappa shape index (κ1) is 18.1. The highest BCUT2D eigenvalue weighted by Gasteiger charge is 2.19. The van der Waals surface area contributed by atoms with Crippen molar-refractivity contribution in [2.45, 2.75) is 13.8 Å². The number of hydrogen-bond donors (Lipinski definition) is 1. The number of fused-ring (bicyclic) bond motifs is 1. The van der Waals surface area contributed by atoms with Gasteiger partial charge in [0.2, 0.25) is 0 Å². The van der Waals surface area contributed by atoms with E-state index in [1.54, 1.807) is 30.3 Å². The number of nitrogens with one attached hydrogen (secondary N) is 1. The third-order valence-corrected chi connectivity index (χ3v) is 3.64. The molecule has 1 amide bonds. The zero-order valence-corrected chi connectivity index (χ0v) is 14.8. The van der Waals surface area contributed by atoms with Crippen molar-refractivity contribution in [2.24, 2.45) is 5.92 Å². The van der Waals surface area contributed by atoms with Gasteiger partial charge in [-0.05, 0) is 18.1 Å². The van der Waals surface area contributed by atoms with Crippen molar-refractivity contribution in [3.63, 3.8) is 0 Å². The number of imidazole rings is 1. The molecule has 2 aromatic heterocycles. The third-order valence-electron chi connectivity index (χ3n) is 3.64. The van der Waals surface area contributed by atoms with E-state index in [2.05, 4.69) is 15.3 Å². The van der Waals surface area contributed by atoms with Gasteiger partial charge in [0.05, 0.1) is 6.61 Å². The van der Waals surface area contributed by atoms with Crippen LogP contribution in [0.4, 0.5) is 5.82 Å². The number of esters is 1. The van der Waals surface area contributed by atoms with Gasteiger partial charge in [-0.2, -0.15) is 5.26 Å². The molecule has 8 heteroatoms.